The van der Waals surface area contributed by atoms with Crippen LogP contribution in [-0.4, -0.2) is 38.0 Å². The summed E-state index contributed by atoms with van der Waals surface area (Å²) in [5, 5.41) is 6.12. The number of nitrogens with one attached hydrogen (secondary N) is 2. The molecule has 2 amide bonds. The van der Waals surface area contributed by atoms with Crippen LogP contribution in [0.15, 0.2) is 24.3 Å². The van der Waals surface area contributed by atoms with Crippen molar-refractivity contribution >= 4 is 29.9 Å². The van der Waals surface area contributed by atoms with Crippen LogP contribution >= 0.6 is 12.4 Å². The SMILES string of the molecule is Cl.O=C(NCC1CNC1)c1ccc(N2CCCC2=O)cc1. The molecule has 3 rings (SSSR count). The molecular weight excluding hydrogens is 290 g/mol. The molecule has 0 radical (unpaired) electrons. The van der Waals surface area contributed by atoms with Crippen LogP contribution in [0.25, 0.3) is 0 Å². The Balaban J connectivity index is 0.00000161. The van der Waals surface area contributed by atoms with Gasteiger partial charge in [0.2, 0.25) is 5.91 Å². The van der Waals surface area contributed by atoms with Crippen molar-refractivity contribution in [3.8, 4) is 0 Å². The van der Waals surface area contributed by atoms with Crippen LogP contribution in [0.2, 0.25) is 0 Å². The zero-order chi connectivity index (χ0) is 13.9. The van der Waals surface area contributed by atoms with E-state index in [-0.39, 0.29) is 24.2 Å². The zero-order valence-electron chi connectivity index (χ0n) is 11.8. The van der Waals surface area contributed by atoms with E-state index in [0.717, 1.165) is 38.3 Å². The van der Waals surface area contributed by atoms with Crippen LogP contribution in [0.1, 0.15) is 23.2 Å². The average molecular weight is 310 g/mol. The molecule has 0 bridgehead atoms. The van der Waals surface area contributed by atoms with Crippen molar-refractivity contribution in [2.45, 2.75) is 12.8 Å². The summed E-state index contributed by atoms with van der Waals surface area (Å²) in [6.07, 6.45) is 1.54. The Morgan fingerprint density at radius 3 is 2.52 bits per heavy atom. The third-order valence-electron chi connectivity index (χ3n) is 3.93. The molecule has 2 N–H and O–H groups in total. The number of anilines is 1. The fourth-order valence-corrected chi connectivity index (χ4v) is 2.55. The number of benzene rings is 1. The van der Waals surface area contributed by atoms with Crippen molar-refractivity contribution in [3.05, 3.63) is 29.8 Å². The van der Waals surface area contributed by atoms with Gasteiger partial charge in [0.05, 0.1) is 0 Å². The van der Waals surface area contributed by atoms with E-state index < -0.39 is 0 Å². The lowest BCUT2D eigenvalue weighted by atomic mass is 10.0. The van der Waals surface area contributed by atoms with Crippen molar-refractivity contribution < 1.29 is 9.59 Å². The first kappa shape index (κ1) is 15.8. The van der Waals surface area contributed by atoms with Gasteiger partial charge in [0.1, 0.15) is 0 Å². The topological polar surface area (TPSA) is 61.4 Å². The van der Waals surface area contributed by atoms with Gasteiger partial charge in [0, 0.05) is 49.8 Å². The maximum atomic E-state index is 12.0. The van der Waals surface area contributed by atoms with Crippen LogP contribution in [0.5, 0.6) is 0 Å². The Morgan fingerprint density at radius 2 is 2.00 bits per heavy atom. The molecule has 0 aliphatic carbocycles. The highest BCUT2D eigenvalue weighted by molar-refractivity contribution is 5.97. The summed E-state index contributed by atoms with van der Waals surface area (Å²) in [5.41, 5.74) is 1.53. The molecule has 2 aliphatic rings. The highest BCUT2D eigenvalue weighted by Gasteiger charge is 2.22. The van der Waals surface area contributed by atoms with E-state index in [1.165, 1.54) is 0 Å². The van der Waals surface area contributed by atoms with Crippen LogP contribution in [0, 0.1) is 5.92 Å². The lowest BCUT2D eigenvalue weighted by molar-refractivity contribution is -0.117. The van der Waals surface area contributed by atoms with Gasteiger partial charge in [0.15, 0.2) is 0 Å². The molecule has 0 atom stereocenters. The van der Waals surface area contributed by atoms with E-state index in [1.54, 1.807) is 17.0 Å². The van der Waals surface area contributed by atoms with Gasteiger partial charge < -0.3 is 15.5 Å². The van der Waals surface area contributed by atoms with Crippen molar-refractivity contribution in [1.29, 1.82) is 0 Å². The second kappa shape index (κ2) is 6.91. The fraction of sp³-hybridized carbons (Fsp3) is 0.467. The third kappa shape index (κ3) is 3.54. The van der Waals surface area contributed by atoms with E-state index in [1.807, 2.05) is 12.1 Å². The molecule has 0 aromatic heterocycles. The summed E-state index contributed by atoms with van der Waals surface area (Å²) in [6.45, 7) is 3.46. The zero-order valence-corrected chi connectivity index (χ0v) is 12.6. The molecule has 2 saturated heterocycles. The normalized spacial score (nSPS) is 18.1. The standard InChI is InChI=1S/C15H19N3O2.ClH/c19-14-2-1-7-18(14)13-5-3-12(4-6-13)15(20)17-10-11-8-16-9-11;/h3-6,11,16H,1-2,7-10H2,(H,17,20);1H. The predicted molar refractivity (Wildman–Crippen MR) is 84.0 cm³/mol. The van der Waals surface area contributed by atoms with E-state index in [9.17, 15) is 9.59 Å². The molecule has 1 aromatic rings. The second-order valence-electron chi connectivity index (χ2n) is 5.43. The van der Waals surface area contributed by atoms with Crippen molar-refractivity contribution in [3.63, 3.8) is 0 Å². The van der Waals surface area contributed by atoms with Gasteiger partial charge in [-0.2, -0.15) is 0 Å². The molecule has 1 aromatic carbocycles. The average Bonchev–Trinajstić information content (AvgIpc) is 2.83. The molecule has 114 valence electrons. The Morgan fingerprint density at radius 1 is 1.29 bits per heavy atom. The smallest absolute Gasteiger partial charge is 0.251 e. The molecule has 0 saturated carbocycles. The van der Waals surface area contributed by atoms with Crippen LogP contribution < -0.4 is 15.5 Å². The number of carbonyl (C=O) groups is 2. The maximum absolute atomic E-state index is 12.0. The number of hydrogen-bond acceptors (Lipinski definition) is 3. The molecule has 0 unspecified atom stereocenters. The van der Waals surface area contributed by atoms with Crippen molar-refractivity contribution in [1.82, 2.24) is 10.6 Å². The number of amides is 2. The summed E-state index contributed by atoms with van der Waals surface area (Å²) in [5.74, 6) is 0.677. The number of hydrogen-bond donors (Lipinski definition) is 2. The summed E-state index contributed by atoms with van der Waals surface area (Å²) in [6, 6.07) is 7.27. The largest absolute Gasteiger partial charge is 0.352 e. The van der Waals surface area contributed by atoms with Gasteiger partial charge in [-0.25, -0.2) is 0 Å². The van der Waals surface area contributed by atoms with Crippen LogP contribution in [0.4, 0.5) is 5.69 Å². The maximum Gasteiger partial charge on any atom is 0.251 e. The van der Waals surface area contributed by atoms with Crippen molar-refractivity contribution in [2.75, 3.05) is 31.1 Å². The first-order valence-electron chi connectivity index (χ1n) is 7.13. The molecule has 0 spiro atoms. The Labute approximate surface area is 130 Å². The van der Waals surface area contributed by atoms with Gasteiger partial charge >= 0.3 is 0 Å². The number of carbonyl (C=O) groups excluding carboxylic acids is 2. The summed E-state index contributed by atoms with van der Waals surface area (Å²) < 4.78 is 0. The van der Waals surface area contributed by atoms with Gasteiger partial charge in [-0.05, 0) is 30.7 Å². The Hall–Kier alpha value is -1.59. The molecule has 5 nitrogen and oxygen atoms in total. The minimum atomic E-state index is -0.0452. The van der Waals surface area contributed by atoms with Gasteiger partial charge in [-0.15, -0.1) is 12.4 Å². The number of nitrogens with zero attached hydrogens (tertiary/aromatic N) is 1. The summed E-state index contributed by atoms with van der Waals surface area (Å²) in [4.78, 5) is 25.4. The summed E-state index contributed by atoms with van der Waals surface area (Å²) >= 11 is 0. The third-order valence-corrected chi connectivity index (χ3v) is 3.93. The van der Waals surface area contributed by atoms with Crippen molar-refractivity contribution in [2.24, 2.45) is 5.92 Å². The molecule has 2 aliphatic heterocycles. The van der Waals surface area contributed by atoms with E-state index in [4.69, 9.17) is 0 Å². The molecule has 2 heterocycles. The van der Waals surface area contributed by atoms with Gasteiger partial charge in [-0.3, -0.25) is 9.59 Å². The predicted octanol–water partition coefficient (Wildman–Crippen LogP) is 1.18. The monoisotopic (exact) mass is 309 g/mol. The molecular formula is C15H20ClN3O2. The Bertz CT molecular complexity index is 514. The van der Waals surface area contributed by atoms with Gasteiger partial charge in [0.25, 0.3) is 5.91 Å². The molecule has 21 heavy (non-hydrogen) atoms. The van der Waals surface area contributed by atoms with E-state index in [0.29, 0.717) is 17.9 Å². The van der Waals surface area contributed by atoms with E-state index in [2.05, 4.69) is 10.6 Å². The summed E-state index contributed by atoms with van der Waals surface area (Å²) in [7, 11) is 0. The molecule has 2 fully saturated rings. The lowest BCUT2D eigenvalue weighted by Crippen LogP contribution is -2.48. The first-order valence-corrected chi connectivity index (χ1v) is 7.13. The lowest BCUT2D eigenvalue weighted by Gasteiger charge is -2.27. The van der Waals surface area contributed by atoms with Crippen LogP contribution in [-0.2, 0) is 4.79 Å². The number of rotatable bonds is 4. The minimum Gasteiger partial charge on any atom is -0.352 e. The number of halogens is 1. The van der Waals surface area contributed by atoms with E-state index >= 15 is 0 Å². The highest BCUT2D eigenvalue weighted by Crippen LogP contribution is 2.21. The fourth-order valence-electron chi connectivity index (χ4n) is 2.55. The first-order chi connectivity index (χ1) is 9.74. The second-order valence-corrected chi connectivity index (χ2v) is 5.43. The molecule has 6 heteroatoms. The van der Waals surface area contributed by atoms with Gasteiger partial charge in [-0.1, -0.05) is 0 Å². The van der Waals surface area contributed by atoms with Crippen LogP contribution in [0.3, 0.4) is 0 Å². The quantitative estimate of drug-likeness (QED) is 0.878. The highest BCUT2D eigenvalue weighted by atomic mass is 35.5. The minimum absolute atomic E-state index is 0. The Kier molecular flexibility index (Phi) is 5.20.